The summed E-state index contributed by atoms with van der Waals surface area (Å²) in [4.78, 5) is 40.9. The maximum atomic E-state index is 14.2. The van der Waals surface area contributed by atoms with Crippen LogP contribution in [0.2, 0.25) is 0 Å². The van der Waals surface area contributed by atoms with Crippen LogP contribution in [-0.4, -0.2) is 24.0 Å². The summed E-state index contributed by atoms with van der Waals surface area (Å²) in [7, 11) is 0. The second-order valence-electron chi connectivity index (χ2n) is 15.5. The molecule has 0 aromatic rings. The molecule has 0 saturated heterocycles. The van der Waals surface area contributed by atoms with E-state index in [1.807, 2.05) is 32.9 Å². The minimum Gasteiger partial charge on any atom is -0.356 e. The van der Waals surface area contributed by atoms with Crippen LogP contribution in [0.5, 0.6) is 0 Å². The Kier molecular flexibility index (Phi) is 7.19. The number of amides is 1. The zero-order chi connectivity index (χ0) is 29.2. The van der Waals surface area contributed by atoms with Crippen molar-refractivity contribution < 1.29 is 14.4 Å². The molecule has 6 atom stereocenters. The smallest absolute Gasteiger partial charge is 0.225 e. The number of ketones is 2. The van der Waals surface area contributed by atoms with E-state index in [1.54, 1.807) is 0 Å². The number of carbonyl (C=O) groups excluding carboxylic acids is 3. The van der Waals surface area contributed by atoms with Crippen LogP contribution in [0.1, 0.15) is 114 Å². The molecule has 0 aliphatic heterocycles. The highest BCUT2D eigenvalue weighted by Gasteiger charge is 2.65. The number of Topliss-reactive ketones (excluding diaryl/α,β-unsaturated/α-hetero) is 1. The van der Waals surface area contributed by atoms with Gasteiger partial charge >= 0.3 is 0 Å². The highest BCUT2D eigenvalue weighted by molar-refractivity contribution is 6.04. The van der Waals surface area contributed by atoms with Crippen LogP contribution in [0, 0.1) is 55.7 Å². The Labute approximate surface area is 236 Å². The minimum absolute atomic E-state index is 0.0286. The Morgan fingerprint density at radius 3 is 2.21 bits per heavy atom. The second-order valence-corrected chi connectivity index (χ2v) is 15.5. The number of rotatable bonds is 2. The molecule has 214 valence electrons. The lowest BCUT2D eigenvalue weighted by Gasteiger charge is -2.65. The molecule has 0 radical (unpaired) electrons. The highest BCUT2D eigenvalue weighted by Crippen LogP contribution is 2.70. The van der Waals surface area contributed by atoms with Crippen molar-refractivity contribution in [2.45, 2.75) is 114 Å². The standard InChI is InChI=1S/C34H50N2O3/c1-10-36-28(39)31(6)16-15-29(2,3)13-11-23-24(37)19-26-32(7)20-22(21-35)27(38)30(4,5)25(32)12-14-34(26,9)33(23,8)18-17-31/h19-20,23,25H,10-18H2,1-9H3,(H,36,39)/t23?,25-,31-,32-,33+,34+/m0/s1. The molecule has 1 N–H and O–H groups in total. The quantitative estimate of drug-likeness (QED) is 0.408. The first-order chi connectivity index (χ1) is 17.9. The van der Waals surface area contributed by atoms with Crippen molar-refractivity contribution in [1.29, 1.82) is 5.26 Å². The highest BCUT2D eigenvalue weighted by atomic mass is 16.2. The van der Waals surface area contributed by atoms with E-state index in [0.29, 0.717) is 6.54 Å². The topological polar surface area (TPSA) is 87.0 Å². The van der Waals surface area contributed by atoms with E-state index in [-0.39, 0.29) is 51.1 Å². The van der Waals surface area contributed by atoms with Crippen molar-refractivity contribution in [2.75, 3.05) is 6.54 Å². The van der Waals surface area contributed by atoms with Crippen molar-refractivity contribution >= 4 is 17.5 Å². The van der Waals surface area contributed by atoms with Crippen molar-refractivity contribution in [2.24, 2.45) is 44.3 Å². The molecule has 4 aliphatic carbocycles. The molecule has 2 fully saturated rings. The monoisotopic (exact) mass is 534 g/mol. The van der Waals surface area contributed by atoms with E-state index in [4.69, 9.17) is 0 Å². The zero-order valence-electron chi connectivity index (χ0n) is 25.8. The van der Waals surface area contributed by atoms with Crippen molar-refractivity contribution in [3.8, 4) is 6.07 Å². The number of carbonyl (C=O) groups is 3. The van der Waals surface area contributed by atoms with Crippen molar-refractivity contribution in [3.63, 3.8) is 0 Å². The molecular formula is C34H50N2O3. The molecule has 2 saturated carbocycles. The Bertz CT molecular complexity index is 1190. The van der Waals surface area contributed by atoms with Gasteiger partial charge in [0.1, 0.15) is 6.07 Å². The normalized spacial score (nSPS) is 41.5. The number of fused-ring (bicyclic) bond motifs is 5. The molecule has 0 aromatic heterocycles. The second kappa shape index (κ2) is 9.42. The maximum Gasteiger partial charge on any atom is 0.225 e. The number of hydrogen-bond donors (Lipinski definition) is 1. The molecule has 0 aromatic carbocycles. The largest absolute Gasteiger partial charge is 0.356 e. The van der Waals surface area contributed by atoms with Crippen LogP contribution < -0.4 is 5.32 Å². The van der Waals surface area contributed by atoms with Crippen molar-refractivity contribution in [1.82, 2.24) is 5.32 Å². The van der Waals surface area contributed by atoms with Crippen LogP contribution in [0.4, 0.5) is 0 Å². The average molecular weight is 535 g/mol. The first-order valence-corrected chi connectivity index (χ1v) is 15.1. The van der Waals surface area contributed by atoms with Crippen LogP contribution in [0.25, 0.3) is 0 Å². The predicted octanol–water partition coefficient (Wildman–Crippen LogP) is 7.12. The summed E-state index contributed by atoms with van der Waals surface area (Å²) < 4.78 is 0. The molecule has 39 heavy (non-hydrogen) atoms. The summed E-state index contributed by atoms with van der Waals surface area (Å²) in [5.74, 6) is 0.140. The van der Waals surface area contributed by atoms with Gasteiger partial charge in [-0.25, -0.2) is 0 Å². The molecule has 0 bridgehead atoms. The van der Waals surface area contributed by atoms with E-state index >= 15 is 0 Å². The van der Waals surface area contributed by atoms with E-state index in [2.05, 4.69) is 52.9 Å². The summed E-state index contributed by atoms with van der Waals surface area (Å²) in [6, 6.07) is 2.19. The van der Waals surface area contributed by atoms with Gasteiger partial charge in [-0.05, 0) is 86.5 Å². The van der Waals surface area contributed by atoms with Gasteiger partial charge in [-0.2, -0.15) is 5.26 Å². The van der Waals surface area contributed by atoms with Crippen LogP contribution in [0.3, 0.4) is 0 Å². The van der Waals surface area contributed by atoms with E-state index in [1.165, 1.54) is 0 Å². The van der Waals surface area contributed by atoms with Gasteiger partial charge in [-0.1, -0.05) is 67.0 Å². The predicted molar refractivity (Wildman–Crippen MR) is 154 cm³/mol. The maximum absolute atomic E-state index is 14.2. The van der Waals surface area contributed by atoms with E-state index < -0.39 is 16.2 Å². The summed E-state index contributed by atoms with van der Waals surface area (Å²) in [6.45, 7) is 20.0. The number of allylic oxidation sites excluding steroid dienone is 4. The lowest BCUT2D eigenvalue weighted by atomic mass is 9.38. The molecule has 0 spiro atoms. The zero-order valence-corrected chi connectivity index (χ0v) is 25.8. The van der Waals surface area contributed by atoms with Gasteiger partial charge in [0.15, 0.2) is 11.6 Å². The summed E-state index contributed by atoms with van der Waals surface area (Å²) in [5.41, 5.74) is -0.970. The Morgan fingerprint density at radius 1 is 0.949 bits per heavy atom. The van der Waals surface area contributed by atoms with Gasteiger partial charge in [-0.3, -0.25) is 14.4 Å². The lowest BCUT2D eigenvalue weighted by Crippen LogP contribution is -2.60. The SMILES string of the molecule is CCNC(=O)[C@@]1(C)CCC(C)(C)CCC2C(=O)C=C3[C@@]4(C)C=C(C#N)C(=O)C(C)(C)[C@@H]4CC[C@@]3(C)[C@]2(C)CC1. The Hall–Kier alpha value is -2.22. The van der Waals surface area contributed by atoms with Gasteiger partial charge in [0, 0.05) is 28.7 Å². The molecule has 0 heterocycles. The summed E-state index contributed by atoms with van der Waals surface area (Å²) in [5, 5.41) is 13.0. The van der Waals surface area contributed by atoms with Crippen LogP contribution in [-0.2, 0) is 14.4 Å². The van der Waals surface area contributed by atoms with Crippen molar-refractivity contribution in [3.05, 3.63) is 23.3 Å². The molecule has 4 aliphatic rings. The van der Waals surface area contributed by atoms with E-state index in [0.717, 1.165) is 56.9 Å². The minimum atomic E-state index is -0.672. The first-order valence-electron chi connectivity index (χ1n) is 15.1. The number of nitrogens with zero attached hydrogens (tertiary/aromatic N) is 1. The van der Waals surface area contributed by atoms with Crippen LogP contribution in [0.15, 0.2) is 23.3 Å². The van der Waals surface area contributed by atoms with Crippen LogP contribution >= 0.6 is 0 Å². The fourth-order valence-corrected chi connectivity index (χ4v) is 9.19. The molecule has 5 nitrogen and oxygen atoms in total. The molecule has 5 heteroatoms. The number of nitrogens with one attached hydrogen (secondary N) is 1. The third kappa shape index (κ3) is 4.36. The lowest BCUT2D eigenvalue weighted by molar-refractivity contribution is -0.141. The number of hydrogen-bond acceptors (Lipinski definition) is 4. The van der Waals surface area contributed by atoms with Gasteiger partial charge in [0.05, 0.1) is 5.57 Å². The number of nitriles is 1. The Morgan fingerprint density at radius 2 is 1.59 bits per heavy atom. The first kappa shape index (κ1) is 29.8. The summed E-state index contributed by atoms with van der Waals surface area (Å²) >= 11 is 0. The molecule has 1 amide bonds. The third-order valence-corrected chi connectivity index (χ3v) is 12.3. The van der Waals surface area contributed by atoms with Gasteiger partial charge in [0.2, 0.25) is 5.91 Å². The van der Waals surface area contributed by atoms with Gasteiger partial charge in [-0.15, -0.1) is 0 Å². The van der Waals surface area contributed by atoms with E-state index in [9.17, 15) is 19.6 Å². The molecule has 4 rings (SSSR count). The molecule has 1 unspecified atom stereocenters. The fourth-order valence-electron chi connectivity index (χ4n) is 9.19. The summed E-state index contributed by atoms with van der Waals surface area (Å²) in [6.07, 6.45) is 10.7. The average Bonchev–Trinajstić information content (AvgIpc) is 2.85. The van der Waals surface area contributed by atoms with Gasteiger partial charge < -0.3 is 5.32 Å². The van der Waals surface area contributed by atoms with Gasteiger partial charge in [0.25, 0.3) is 0 Å². The third-order valence-electron chi connectivity index (χ3n) is 12.3. The fraction of sp³-hybridized carbons (Fsp3) is 0.765. The molecular weight excluding hydrogens is 484 g/mol. The Balaban J connectivity index is 1.88.